The van der Waals surface area contributed by atoms with E-state index in [0.29, 0.717) is 47.2 Å². The van der Waals surface area contributed by atoms with Crippen LogP contribution in [0.3, 0.4) is 0 Å². The van der Waals surface area contributed by atoms with Crippen molar-refractivity contribution in [1.29, 1.82) is 0 Å². The standard InChI is InChI=1S/C19H21FN6O2S/c1-10(13-4-14(20)6-21-5-13)22-19-24-15(16-17(25-19)23-11(2)29-16)18(27)26-7-12(8-26)9-28-3/h4-6,10,12H,7-9H2,1-3H3,(H,22,24,25). The molecular formula is C19H21FN6O2S. The molecule has 1 fully saturated rings. The van der Waals surface area contributed by atoms with Crippen molar-refractivity contribution >= 4 is 33.5 Å². The number of methoxy groups -OCH3 is 1. The van der Waals surface area contributed by atoms with E-state index in [-0.39, 0.29) is 17.9 Å². The van der Waals surface area contributed by atoms with E-state index in [1.165, 1.54) is 17.4 Å². The zero-order valence-corrected chi connectivity index (χ0v) is 17.2. The number of halogens is 1. The predicted molar refractivity (Wildman–Crippen MR) is 107 cm³/mol. The molecule has 0 aromatic carbocycles. The molecular weight excluding hydrogens is 395 g/mol. The number of thiazole rings is 1. The van der Waals surface area contributed by atoms with Gasteiger partial charge in [-0.3, -0.25) is 9.78 Å². The van der Waals surface area contributed by atoms with Gasteiger partial charge in [0.25, 0.3) is 5.91 Å². The molecule has 1 amide bonds. The van der Waals surface area contributed by atoms with Crippen LogP contribution in [0.5, 0.6) is 0 Å². The molecule has 1 unspecified atom stereocenters. The normalized spacial score (nSPS) is 15.4. The number of amides is 1. The topological polar surface area (TPSA) is 93.1 Å². The minimum absolute atomic E-state index is 0.142. The van der Waals surface area contributed by atoms with Crippen LogP contribution < -0.4 is 5.32 Å². The summed E-state index contributed by atoms with van der Waals surface area (Å²) in [5.41, 5.74) is 1.47. The third kappa shape index (κ3) is 4.03. The van der Waals surface area contributed by atoms with Crippen molar-refractivity contribution in [1.82, 2.24) is 24.8 Å². The number of hydrogen-bond acceptors (Lipinski definition) is 8. The van der Waals surface area contributed by atoms with Crippen LogP contribution in [0.15, 0.2) is 18.5 Å². The van der Waals surface area contributed by atoms with Gasteiger partial charge in [0.05, 0.1) is 23.9 Å². The van der Waals surface area contributed by atoms with Crippen LogP contribution in [0.1, 0.15) is 34.0 Å². The molecule has 3 aromatic rings. The van der Waals surface area contributed by atoms with Crippen molar-refractivity contribution in [2.75, 3.05) is 32.1 Å². The highest BCUT2D eigenvalue weighted by Crippen LogP contribution is 2.28. The minimum Gasteiger partial charge on any atom is -0.384 e. The molecule has 0 bridgehead atoms. The van der Waals surface area contributed by atoms with Gasteiger partial charge in [-0.1, -0.05) is 0 Å². The summed E-state index contributed by atoms with van der Waals surface area (Å²) in [4.78, 5) is 32.0. The fourth-order valence-corrected chi connectivity index (χ4v) is 4.15. The van der Waals surface area contributed by atoms with Crippen molar-refractivity contribution < 1.29 is 13.9 Å². The number of rotatable bonds is 6. The van der Waals surface area contributed by atoms with Gasteiger partial charge in [0, 0.05) is 32.3 Å². The van der Waals surface area contributed by atoms with Crippen LogP contribution >= 0.6 is 11.3 Å². The van der Waals surface area contributed by atoms with Gasteiger partial charge in [-0.05, 0) is 25.5 Å². The lowest BCUT2D eigenvalue weighted by atomic mass is 10.0. The fraction of sp³-hybridized carbons (Fsp3) is 0.421. The molecule has 1 aliphatic heterocycles. The Labute approximate surface area is 171 Å². The summed E-state index contributed by atoms with van der Waals surface area (Å²) in [5, 5.41) is 3.94. The largest absolute Gasteiger partial charge is 0.384 e. The van der Waals surface area contributed by atoms with Gasteiger partial charge in [0.2, 0.25) is 5.95 Å². The lowest BCUT2D eigenvalue weighted by Gasteiger charge is -2.38. The number of nitrogens with one attached hydrogen (secondary N) is 1. The molecule has 0 radical (unpaired) electrons. The molecule has 1 atom stereocenters. The van der Waals surface area contributed by atoms with Crippen molar-refractivity contribution in [3.63, 3.8) is 0 Å². The van der Waals surface area contributed by atoms with Gasteiger partial charge in [-0.2, -0.15) is 4.98 Å². The van der Waals surface area contributed by atoms with Crippen LogP contribution in [-0.2, 0) is 4.74 Å². The summed E-state index contributed by atoms with van der Waals surface area (Å²) in [7, 11) is 1.66. The second-order valence-electron chi connectivity index (χ2n) is 7.12. The molecule has 8 nitrogen and oxygen atoms in total. The first-order valence-electron chi connectivity index (χ1n) is 9.25. The molecule has 3 aromatic heterocycles. The molecule has 152 valence electrons. The lowest BCUT2D eigenvalue weighted by molar-refractivity contribution is 0.0267. The van der Waals surface area contributed by atoms with Crippen LogP contribution in [0.25, 0.3) is 10.3 Å². The van der Waals surface area contributed by atoms with E-state index in [4.69, 9.17) is 4.74 Å². The zero-order valence-electron chi connectivity index (χ0n) is 16.3. The van der Waals surface area contributed by atoms with Crippen LogP contribution in [0, 0.1) is 18.7 Å². The smallest absolute Gasteiger partial charge is 0.274 e. The Bertz CT molecular complexity index is 1050. The number of ether oxygens (including phenoxy) is 1. The summed E-state index contributed by atoms with van der Waals surface area (Å²) in [5.74, 6) is 0.0675. The highest BCUT2D eigenvalue weighted by Gasteiger charge is 2.33. The Morgan fingerprint density at radius 1 is 1.38 bits per heavy atom. The highest BCUT2D eigenvalue weighted by molar-refractivity contribution is 7.18. The monoisotopic (exact) mass is 416 g/mol. The molecule has 4 rings (SSSR count). The van der Waals surface area contributed by atoms with Crippen LogP contribution in [0.2, 0.25) is 0 Å². The Morgan fingerprint density at radius 3 is 2.90 bits per heavy atom. The Morgan fingerprint density at radius 2 is 2.17 bits per heavy atom. The summed E-state index contributed by atoms with van der Waals surface area (Å²) < 4.78 is 19.3. The van der Waals surface area contributed by atoms with Gasteiger partial charge < -0.3 is 15.0 Å². The van der Waals surface area contributed by atoms with Gasteiger partial charge in [-0.25, -0.2) is 14.4 Å². The van der Waals surface area contributed by atoms with Gasteiger partial charge in [0.1, 0.15) is 10.5 Å². The fourth-order valence-electron chi connectivity index (χ4n) is 3.31. The number of nitrogens with zero attached hydrogens (tertiary/aromatic N) is 5. The number of aryl methyl sites for hydroxylation is 1. The van der Waals surface area contributed by atoms with Crippen molar-refractivity contribution in [3.8, 4) is 0 Å². The third-order valence-corrected chi connectivity index (χ3v) is 5.75. The molecule has 0 aliphatic carbocycles. The first-order chi connectivity index (χ1) is 13.9. The molecule has 1 aliphatic rings. The lowest BCUT2D eigenvalue weighted by Crippen LogP contribution is -2.51. The van der Waals surface area contributed by atoms with Crippen molar-refractivity contribution in [2.45, 2.75) is 19.9 Å². The summed E-state index contributed by atoms with van der Waals surface area (Å²) in [6.45, 7) is 5.64. The van der Waals surface area contributed by atoms with E-state index in [9.17, 15) is 9.18 Å². The molecule has 1 N–H and O–H groups in total. The van der Waals surface area contributed by atoms with Crippen LogP contribution in [-0.4, -0.2) is 57.5 Å². The SMILES string of the molecule is COCC1CN(C(=O)c2nc(NC(C)c3cncc(F)c3)nc3nc(C)sc23)C1. The van der Waals surface area contributed by atoms with E-state index in [1.807, 2.05) is 13.8 Å². The maximum Gasteiger partial charge on any atom is 0.274 e. The summed E-state index contributed by atoms with van der Waals surface area (Å²) >= 11 is 1.40. The first-order valence-corrected chi connectivity index (χ1v) is 10.1. The molecule has 10 heteroatoms. The highest BCUT2D eigenvalue weighted by atomic mass is 32.1. The van der Waals surface area contributed by atoms with Crippen molar-refractivity contribution in [2.24, 2.45) is 5.92 Å². The number of anilines is 1. The Hall–Kier alpha value is -2.72. The maximum absolute atomic E-state index is 13.5. The average Bonchev–Trinajstić information content (AvgIpc) is 3.03. The summed E-state index contributed by atoms with van der Waals surface area (Å²) in [6.07, 6.45) is 2.73. The number of carbonyl (C=O) groups excluding carboxylic acids is 1. The molecule has 0 saturated carbocycles. The summed E-state index contributed by atoms with van der Waals surface area (Å²) in [6, 6.07) is 1.10. The van der Waals surface area contributed by atoms with E-state index in [2.05, 4.69) is 25.3 Å². The second-order valence-corrected chi connectivity index (χ2v) is 8.32. The van der Waals surface area contributed by atoms with E-state index in [1.54, 1.807) is 18.2 Å². The Kier molecular flexibility index (Phi) is 5.37. The third-order valence-electron chi connectivity index (χ3n) is 4.78. The number of fused-ring (bicyclic) bond motifs is 1. The number of carbonyl (C=O) groups is 1. The van der Waals surface area contributed by atoms with Crippen LogP contribution in [0.4, 0.5) is 10.3 Å². The second kappa shape index (κ2) is 7.96. The number of pyridine rings is 1. The Balaban J connectivity index is 1.61. The van der Waals surface area contributed by atoms with Crippen molar-refractivity contribution in [3.05, 3.63) is 40.5 Å². The quantitative estimate of drug-likeness (QED) is 0.660. The number of hydrogen-bond donors (Lipinski definition) is 1. The maximum atomic E-state index is 13.5. The van der Waals surface area contributed by atoms with Gasteiger partial charge in [0.15, 0.2) is 11.3 Å². The molecule has 1 saturated heterocycles. The van der Waals surface area contributed by atoms with E-state index in [0.717, 1.165) is 11.2 Å². The molecule has 4 heterocycles. The number of likely N-dealkylation sites (tertiary alicyclic amines) is 1. The zero-order chi connectivity index (χ0) is 20.5. The molecule has 29 heavy (non-hydrogen) atoms. The molecule has 0 spiro atoms. The predicted octanol–water partition coefficient (Wildman–Crippen LogP) is 2.82. The van der Waals surface area contributed by atoms with Gasteiger partial charge >= 0.3 is 0 Å². The first kappa shape index (κ1) is 19.6. The van der Waals surface area contributed by atoms with E-state index < -0.39 is 5.82 Å². The van der Waals surface area contributed by atoms with Gasteiger partial charge in [-0.15, -0.1) is 11.3 Å². The van der Waals surface area contributed by atoms with E-state index >= 15 is 0 Å². The minimum atomic E-state index is -0.415. The number of aromatic nitrogens is 4. The average molecular weight is 416 g/mol.